The highest BCUT2D eigenvalue weighted by Gasteiger charge is 2.20. The summed E-state index contributed by atoms with van der Waals surface area (Å²) in [5.41, 5.74) is 10.0. The van der Waals surface area contributed by atoms with Crippen LogP contribution < -0.4 is 15.8 Å². The normalized spacial score (nSPS) is 14.4. The molecule has 1 amide bonds. The van der Waals surface area contributed by atoms with Gasteiger partial charge in [-0.1, -0.05) is 6.08 Å². The first-order valence-electron chi connectivity index (χ1n) is 9.08. The number of amides is 1. The van der Waals surface area contributed by atoms with Crippen molar-refractivity contribution in [2.45, 2.75) is 6.42 Å². The lowest BCUT2D eigenvalue weighted by atomic mass is 10.1. The molecule has 146 valence electrons. The Hall–Kier alpha value is -3.48. The van der Waals surface area contributed by atoms with Gasteiger partial charge in [0.1, 0.15) is 5.75 Å². The van der Waals surface area contributed by atoms with Crippen molar-refractivity contribution >= 4 is 17.7 Å². The average molecular weight is 379 g/mol. The van der Waals surface area contributed by atoms with Crippen LogP contribution in [0.4, 0.5) is 0 Å². The second-order valence-electron chi connectivity index (χ2n) is 6.46. The van der Waals surface area contributed by atoms with Crippen molar-refractivity contribution in [2.75, 3.05) is 27.2 Å². The van der Waals surface area contributed by atoms with Crippen molar-refractivity contribution in [3.63, 3.8) is 0 Å². The molecule has 7 nitrogen and oxygen atoms in total. The molecule has 0 unspecified atom stereocenters. The summed E-state index contributed by atoms with van der Waals surface area (Å²) in [5, 5.41) is 9.13. The van der Waals surface area contributed by atoms with Gasteiger partial charge in [-0.25, -0.2) is 0 Å². The lowest BCUT2D eigenvalue weighted by Crippen LogP contribution is -2.31. The van der Waals surface area contributed by atoms with E-state index in [1.54, 1.807) is 13.3 Å². The molecule has 2 heterocycles. The van der Waals surface area contributed by atoms with Gasteiger partial charge in [0, 0.05) is 31.4 Å². The topological polar surface area (TPSA) is 95.7 Å². The number of H-pyrrole nitrogens is 1. The fraction of sp³-hybridized carbons (Fsp3) is 0.238. The highest BCUT2D eigenvalue weighted by Crippen LogP contribution is 2.21. The molecule has 4 N–H and O–H groups in total. The number of nitrogens with two attached hydrogens (primary N) is 1. The number of allylic oxidation sites excluding steroid dienone is 2. The van der Waals surface area contributed by atoms with E-state index < -0.39 is 0 Å². The summed E-state index contributed by atoms with van der Waals surface area (Å²) in [6, 6.07) is 9.56. The quantitative estimate of drug-likeness (QED) is 0.390. The number of fused-ring (bicyclic) bond motifs is 1. The first kappa shape index (κ1) is 19.3. The molecular weight excluding hydrogens is 354 g/mol. The van der Waals surface area contributed by atoms with Gasteiger partial charge in [-0.05, 0) is 53.7 Å². The zero-order valence-electron chi connectivity index (χ0n) is 16.1. The Morgan fingerprint density at radius 1 is 1.36 bits per heavy atom. The highest BCUT2D eigenvalue weighted by molar-refractivity contribution is 5.97. The molecule has 0 aliphatic carbocycles. The molecule has 1 aromatic carbocycles. The van der Waals surface area contributed by atoms with E-state index in [0.29, 0.717) is 18.7 Å². The number of ether oxygens (including phenoxy) is 1. The van der Waals surface area contributed by atoms with Crippen molar-refractivity contribution in [1.29, 1.82) is 0 Å². The van der Waals surface area contributed by atoms with E-state index in [9.17, 15) is 4.79 Å². The maximum absolute atomic E-state index is 12.0. The predicted molar refractivity (Wildman–Crippen MR) is 111 cm³/mol. The number of hydrogen-bond acceptors (Lipinski definition) is 5. The van der Waals surface area contributed by atoms with Gasteiger partial charge in [0.2, 0.25) is 0 Å². The number of hydrogen-bond donors (Lipinski definition) is 3. The van der Waals surface area contributed by atoms with Gasteiger partial charge in [-0.3, -0.25) is 9.80 Å². The largest absolute Gasteiger partial charge is 0.497 e. The van der Waals surface area contributed by atoms with Crippen LogP contribution in [0.15, 0.2) is 53.8 Å². The van der Waals surface area contributed by atoms with Crippen LogP contribution in [0.5, 0.6) is 5.75 Å². The zero-order valence-corrected chi connectivity index (χ0v) is 16.1. The number of nitrogens with zero attached hydrogens (tertiary/aromatic N) is 2. The van der Waals surface area contributed by atoms with Crippen molar-refractivity contribution in [2.24, 2.45) is 10.8 Å². The molecule has 1 aliphatic rings. The number of nitrogens with one attached hydrogen (secondary N) is 2. The van der Waals surface area contributed by atoms with Crippen LogP contribution in [0, 0.1) is 0 Å². The van der Waals surface area contributed by atoms with Gasteiger partial charge in [0.05, 0.1) is 25.4 Å². The highest BCUT2D eigenvalue weighted by atomic mass is 16.5. The number of carbonyl (C=O) groups is 1. The molecule has 0 atom stereocenters. The molecule has 1 aromatic heterocycles. The van der Waals surface area contributed by atoms with Crippen LogP contribution in [-0.2, 0) is 6.42 Å². The number of aromatic amines is 1. The molecule has 0 bridgehead atoms. The third kappa shape index (κ3) is 4.62. The summed E-state index contributed by atoms with van der Waals surface area (Å²) in [6.45, 7) is 1.24. The van der Waals surface area contributed by atoms with Crippen molar-refractivity contribution < 1.29 is 9.53 Å². The van der Waals surface area contributed by atoms with E-state index in [0.717, 1.165) is 34.7 Å². The van der Waals surface area contributed by atoms with Crippen molar-refractivity contribution in [1.82, 2.24) is 15.3 Å². The van der Waals surface area contributed by atoms with Crippen LogP contribution >= 0.6 is 0 Å². The Morgan fingerprint density at radius 3 is 2.82 bits per heavy atom. The Balaban J connectivity index is 1.70. The fourth-order valence-corrected chi connectivity index (χ4v) is 2.95. The van der Waals surface area contributed by atoms with E-state index in [-0.39, 0.29) is 5.91 Å². The summed E-state index contributed by atoms with van der Waals surface area (Å²) in [7, 11) is 3.54. The number of benzene rings is 1. The summed E-state index contributed by atoms with van der Waals surface area (Å²) >= 11 is 0. The molecular formula is C21H25N5O2. The number of likely N-dealkylation sites (N-methyl/N-ethyl adjacent to an activating group) is 1. The maximum atomic E-state index is 12.0. The minimum absolute atomic E-state index is 0.0407. The van der Waals surface area contributed by atoms with E-state index in [4.69, 9.17) is 10.5 Å². The van der Waals surface area contributed by atoms with E-state index in [1.165, 1.54) is 6.20 Å². The fourth-order valence-electron chi connectivity index (χ4n) is 2.95. The Labute approximate surface area is 164 Å². The van der Waals surface area contributed by atoms with Gasteiger partial charge in [-0.2, -0.15) is 5.10 Å². The second-order valence-corrected chi connectivity index (χ2v) is 6.46. The predicted octanol–water partition coefficient (Wildman–Crippen LogP) is 2.13. The van der Waals surface area contributed by atoms with Gasteiger partial charge < -0.3 is 20.8 Å². The lowest BCUT2D eigenvalue weighted by molar-refractivity contribution is 0.0946. The minimum Gasteiger partial charge on any atom is -0.497 e. The Bertz CT molecular complexity index is 909. The Kier molecular flexibility index (Phi) is 6.16. The lowest BCUT2D eigenvalue weighted by Gasteiger charge is -2.11. The molecule has 7 heteroatoms. The molecule has 28 heavy (non-hydrogen) atoms. The standard InChI is InChI=1S/C21H25N5O2/c1-26(24-14-15-3-5-17(28-2)6-4-15)12-9-16(7-10-22)20-13-18-19(25-20)8-11-23-21(18)27/h3-7,9-10,13-14,25H,8,11-12,22H2,1-2H3,(H,23,27)/b10-7-,16-9+,24-14+. The monoisotopic (exact) mass is 379 g/mol. The van der Waals surface area contributed by atoms with Gasteiger partial charge >= 0.3 is 0 Å². The van der Waals surface area contributed by atoms with Gasteiger partial charge in [-0.15, -0.1) is 0 Å². The molecule has 0 fully saturated rings. The first-order valence-corrected chi connectivity index (χ1v) is 9.08. The van der Waals surface area contributed by atoms with Crippen molar-refractivity contribution in [3.05, 3.63) is 71.2 Å². The molecule has 0 spiro atoms. The average Bonchev–Trinajstić information content (AvgIpc) is 3.15. The molecule has 3 rings (SSSR count). The van der Waals surface area contributed by atoms with Crippen LogP contribution in [0.3, 0.4) is 0 Å². The van der Waals surface area contributed by atoms with Crippen LogP contribution in [0.2, 0.25) is 0 Å². The number of aromatic nitrogens is 1. The molecule has 2 aromatic rings. The van der Waals surface area contributed by atoms with Crippen LogP contribution in [-0.4, -0.2) is 49.4 Å². The summed E-state index contributed by atoms with van der Waals surface area (Å²) in [4.78, 5) is 15.3. The number of hydrazone groups is 1. The summed E-state index contributed by atoms with van der Waals surface area (Å²) in [6.07, 6.45) is 7.92. The SMILES string of the molecule is COc1ccc(/C=N/N(C)C/C=C(\C=C/N)c2cc3c([nH]2)CCNC3=O)cc1. The third-order valence-electron chi connectivity index (χ3n) is 4.49. The number of carbonyl (C=O) groups excluding carboxylic acids is 1. The minimum atomic E-state index is -0.0407. The van der Waals surface area contributed by atoms with E-state index in [2.05, 4.69) is 15.4 Å². The summed E-state index contributed by atoms with van der Waals surface area (Å²) in [5.74, 6) is 0.773. The number of methoxy groups -OCH3 is 1. The first-order chi connectivity index (χ1) is 13.6. The van der Waals surface area contributed by atoms with Crippen molar-refractivity contribution in [3.8, 4) is 5.75 Å². The van der Waals surface area contributed by atoms with Crippen LogP contribution in [0.1, 0.15) is 27.3 Å². The smallest absolute Gasteiger partial charge is 0.253 e. The van der Waals surface area contributed by atoms with Crippen LogP contribution in [0.25, 0.3) is 5.57 Å². The Morgan fingerprint density at radius 2 is 2.14 bits per heavy atom. The molecule has 0 radical (unpaired) electrons. The number of rotatable bonds is 7. The van der Waals surface area contributed by atoms with Gasteiger partial charge in [0.25, 0.3) is 5.91 Å². The zero-order chi connectivity index (χ0) is 19.9. The third-order valence-corrected chi connectivity index (χ3v) is 4.49. The molecule has 0 saturated heterocycles. The summed E-state index contributed by atoms with van der Waals surface area (Å²) < 4.78 is 5.15. The second kappa shape index (κ2) is 8.94. The van der Waals surface area contributed by atoms with E-state index in [1.807, 2.05) is 54.5 Å². The molecule has 1 aliphatic heterocycles. The van der Waals surface area contributed by atoms with Gasteiger partial charge in [0.15, 0.2) is 0 Å². The molecule has 0 saturated carbocycles. The van der Waals surface area contributed by atoms with E-state index >= 15 is 0 Å². The maximum Gasteiger partial charge on any atom is 0.253 e.